The number of rotatable bonds is 6. The van der Waals surface area contributed by atoms with Crippen molar-refractivity contribution in [2.24, 2.45) is 5.73 Å². The Labute approximate surface area is 100 Å². The minimum Gasteiger partial charge on any atom is -0.480 e. The molecular formula is C7H10ClN3O2S2. The quantitative estimate of drug-likeness (QED) is 0.754. The maximum atomic E-state index is 10.4. The molecule has 0 spiro atoms. The maximum Gasteiger partial charge on any atom is 0.320 e. The standard InChI is InChI=1S/C7H10ClN3O2S2/c8-6-5(10-11-15-6)3-14-2-1-4(9)7(12)13/h4H,1-3,9H2,(H,12,13). The average Bonchev–Trinajstić information content (AvgIpc) is 2.58. The van der Waals surface area contributed by atoms with E-state index in [1.807, 2.05) is 0 Å². The number of carboxylic acids is 1. The Kier molecular flexibility index (Phi) is 5.30. The second kappa shape index (κ2) is 6.26. The van der Waals surface area contributed by atoms with Crippen molar-refractivity contribution in [3.05, 3.63) is 10.0 Å². The third-order valence-electron chi connectivity index (χ3n) is 1.64. The number of carbonyl (C=O) groups is 1. The van der Waals surface area contributed by atoms with Crippen LogP contribution >= 0.6 is 34.9 Å². The van der Waals surface area contributed by atoms with Crippen LogP contribution in [0.15, 0.2) is 0 Å². The van der Waals surface area contributed by atoms with Crippen molar-refractivity contribution in [2.45, 2.75) is 18.2 Å². The zero-order valence-electron chi connectivity index (χ0n) is 7.72. The first-order valence-corrected chi connectivity index (χ1v) is 6.44. The van der Waals surface area contributed by atoms with Crippen LogP contribution in [-0.2, 0) is 10.5 Å². The highest BCUT2D eigenvalue weighted by Crippen LogP contribution is 2.22. The van der Waals surface area contributed by atoms with Crippen LogP contribution in [0.3, 0.4) is 0 Å². The van der Waals surface area contributed by atoms with E-state index in [9.17, 15) is 4.79 Å². The van der Waals surface area contributed by atoms with Crippen LogP contribution in [0.5, 0.6) is 0 Å². The van der Waals surface area contributed by atoms with Gasteiger partial charge in [-0.3, -0.25) is 4.79 Å². The first-order chi connectivity index (χ1) is 7.11. The van der Waals surface area contributed by atoms with Gasteiger partial charge in [0.25, 0.3) is 0 Å². The van der Waals surface area contributed by atoms with Crippen LogP contribution in [-0.4, -0.2) is 32.5 Å². The van der Waals surface area contributed by atoms with Crippen molar-refractivity contribution in [1.82, 2.24) is 9.59 Å². The molecule has 0 aliphatic carbocycles. The van der Waals surface area contributed by atoms with Crippen LogP contribution in [0.1, 0.15) is 12.1 Å². The Bertz CT molecular complexity index is 334. The van der Waals surface area contributed by atoms with E-state index in [-0.39, 0.29) is 0 Å². The molecule has 0 aliphatic rings. The minimum absolute atomic E-state index is 0.440. The molecular weight excluding hydrogens is 258 g/mol. The Hall–Kier alpha value is -0.370. The number of carboxylic acid groups (broad SMARTS) is 1. The Morgan fingerprint density at radius 2 is 2.47 bits per heavy atom. The topological polar surface area (TPSA) is 89.1 Å². The molecule has 84 valence electrons. The molecule has 1 heterocycles. The van der Waals surface area contributed by atoms with E-state index in [0.29, 0.717) is 22.3 Å². The first kappa shape index (κ1) is 12.7. The third kappa shape index (κ3) is 4.33. The van der Waals surface area contributed by atoms with Gasteiger partial charge in [-0.1, -0.05) is 16.1 Å². The van der Waals surface area contributed by atoms with Crippen LogP contribution in [0, 0.1) is 0 Å². The normalized spacial score (nSPS) is 12.7. The number of halogens is 1. The van der Waals surface area contributed by atoms with Gasteiger partial charge in [0.05, 0.1) is 0 Å². The number of nitrogens with two attached hydrogens (primary N) is 1. The minimum atomic E-state index is -0.969. The van der Waals surface area contributed by atoms with Crippen LogP contribution < -0.4 is 5.73 Å². The Balaban J connectivity index is 2.17. The highest BCUT2D eigenvalue weighted by atomic mass is 35.5. The predicted octanol–water partition coefficient (Wildman–Crippen LogP) is 1.23. The molecule has 0 saturated carbocycles. The van der Waals surface area contributed by atoms with Crippen molar-refractivity contribution in [3.63, 3.8) is 0 Å². The second-order valence-corrected chi connectivity index (χ2v) is 5.24. The van der Waals surface area contributed by atoms with Gasteiger partial charge < -0.3 is 10.8 Å². The fourth-order valence-electron chi connectivity index (χ4n) is 0.786. The summed E-state index contributed by atoms with van der Waals surface area (Å²) >= 11 is 8.49. The Morgan fingerprint density at radius 1 is 1.73 bits per heavy atom. The third-order valence-corrected chi connectivity index (χ3v) is 3.62. The van der Waals surface area contributed by atoms with E-state index in [1.165, 1.54) is 0 Å². The van der Waals surface area contributed by atoms with Crippen molar-refractivity contribution >= 4 is 40.9 Å². The SMILES string of the molecule is NC(CCSCc1nnsc1Cl)C(=O)O. The molecule has 3 N–H and O–H groups in total. The fraction of sp³-hybridized carbons (Fsp3) is 0.571. The summed E-state index contributed by atoms with van der Waals surface area (Å²) in [6, 6.07) is -0.790. The van der Waals surface area contributed by atoms with Gasteiger partial charge in [0.1, 0.15) is 16.1 Å². The molecule has 1 rings (SSSR count). The van der Waals surface area contributed by atoms with E-state index in [4.69, 9.17) is 22.4 Å². The van der Waals surface area contributed by atoms with Crippen molar-refractivity contribution in [3.8, 4) is 0 Å². The molecule has 0 aromatic carbocycles. The number of thioether (sulfide) groups is 1. The van der Waals surface area contributed by atoms with Gasteiger partial charge in [0.2, 0.25) is 0 Å². The van der Waals surface area contributed by atoms with Crippen LogP contribution in [0.4, 0.5) is 0 Å². The van der Waals surface area contributed by atoms with E-state index in [2.05, 4.69) is 9.59 Å². The summed E-state index contributed by atoms with van der Waals surface area (Å²) in [6.07, 6.45) is 0.440. The maximum absolute atomic E-state index is 10.4. The van der Waals surface area contributed by atoms with E-state index in [0.717, 1.165) is 17.2 Å². The monoisotopic (exact) mass is 267 g/mol. The molecule has 0 aliphatic heterocycles. The number of aliphatic carboxylic acids is 1. The number of hydrogen-bond donors (Lipinski definition) is 2. The molecule has 0 fully saturated rings. The lowest BCUT2D eigenvalue weighted by Crippen LogP contribution is -2.30. The molecule has 5 nitrogen and oxygen atoms in total. The van der Waals surface area contributed by atoms with Crippen molar-refractivity contribution in [2.75, 3.05) is 5.75 Å². The fourth-order valence-corrected chi connectivity index (χ4v) is 2.54. The number of nitrogens with zero attached hydrogens (tertiary/aromatic N) is 2. The molecule has 1 aromatic rings. The van der Waals surface area contributed by atoms with Crippen molar-refractivity contribution in [1.29, 1.82) is 0 Å². The number of aromatic nitrogens is 2. The second-order valence-electron chi connectivity index (χ2n) is 2.78. The summed E-state index contributed by atoms with van der Waals surface area (Å²) in [7, 11) is 0. The molecule has 0 bridgehead atoms. The number of hydrogen-bond acceptors (Lipinski definition) is 6. The lowest BCUT2D eigenvalue weighted by Gasteiger charge is -2.04. The highest BCUT2D eigenvalue weighted by Gasteiger charge is 2.11. The van der Waals surface area contributed by atoms with Gasteiger partial charge in [0.15, 0.2) is 0 Å². The van der Waals surface area contributed by atoms with Crippen LogP contribution in [0.2, 0.25) is 4.34 Å². The van der Waals surface area contributed by atoms with Gasteiger partial charge in [-0.25, -0.2) is 0 Å². The van der Waals surface area contributed by atoms with E-state index in [1.54, 1.807) is 11.8 Å². The summed E-state index contributed by atoms with van der Waals surface area (Å²) in [5, 5.41) is 12.4. The summed E-state index contributed by atoms with van der Waals surface area (Å²) in [5.74, 6) is 0.340. The van der Waals surface area contributed by atoms with Gasteiger partial charge >= 0.3 is 5.97 Å². The van der Waals surface area contributed by atoms with Gasteiger partial charge in [-0.2, -0.15) is 11.8 Å². The molecule has 1 atom stereocenters. The molecule has 1 aromatic heterocycles. The Morgan fingerprint density at radius 3 is 3.00 bits per heavy atom. The first-order valence-electron chi connectivity index (χ1n) is 4.14. The molecule has 0 amide bonds. The van der Waals surface area contributed by atoms with Crippen molar-refractivity contribution < 1.29 is 9.90 Å². The average molecular weight is 268 g/mol. The highest BCUT2D eigenvalue weighted by molar-refractivity contribution is 7.98. The van der Waals surface area contributed by atoms with Gasteiger partial charge in [0, 0.05) is 17.3 Å². The molecule has 1 unspecified atom stereocenters. The lowest BCUT2D eigenvalue weighted by molar-refractivity contribution is -0.138. The summed E-state index contributed by atoms with van der Waals surface area (Å²) < 4.78 is 4.28. The zero-order chi connectivity index (χ0) is 11.3. The van der Waals surface area contributed by atoms with Gasteiger partial charge in [-0.05, 0) is 12.2 Å². The predicted molar refractivity (Wildman–Crippen MR) is 61.3 cm³/mol. The molecule has 8 heteroatoms. The summed E-state index contributed by atoms with van der Waals surface area (Å²) in [4.78, 5) is 10.4. The molecule has 15 heavy (non-hydrogen) atoms. The molecule has 0 radical (unpaired) electrons. The van der Waals surface area contributed by atoms with E-state index >= 15 is 0 Å². The summed E-state index contributed by atoms with van der Waals surface area (Å²) in [5.41, 5.74) is 6.09. The van der Waals surface area contributed by atoms with Crippen LogP contribution in [0.25, 0.3) is 0 Å². The smallest absolute Gasteiger partial charge is 0.320 e. The molecule has 0 saturated heterocycles. The lowest BCUT2D eigenvalue weighted by atomic mass is 10.2. The largest absolute Gasteiger partial charge is 0.480 e. The summed E-state index contributed by atoms with van der Waals surface area (Å²) in [6.45, 7) is 0. The van der Waals surface area contributed by atoms with Gasteiger partial charge in [-0.15, -0.1) is 5.10 Å². The zero-order valence-corrected chi connectivity index (χ0v) is 10.1. The van der Waals surface area contributed by atoms with E-state index < -0.39 is 12.0 Å².